The summed E-state index contributed by atoms with van der Waals surface area (Å²) in [6, 6.07) is 19.0. The summed E-state index contributed by atoms with van der Waals surface area (Å²) in [4.78, 5) is 17.1. The first kappa shape index (κ1) is 22.8. The van der Waals surface area contributed by atoms with Crippen LogP contribution in [0.1, 0.15) is 11.1 Å². The third kappa shape index (κ3) is 5.13. The van der Waals surface area contributed by atoms with E-state index in [2.05, 4.69) is 4.99 Å². The van der Waals surface area contributed by atoms with Gasteiger partial charge >= 0.3 is 6.09 Å². The molecule has 170 valence electrons. The fourth-order valence-corrected chi connectivity index (χ4v) is 4.89. The minimum Gasteiger partial charge on any atom is -0.465 e. The molecule has 2 aromatic carbocycles. The second-order valence-electron chi connectivity index (χ2n) is 7.61. The number of aliphatic imine (C=N–C) groups is 1. The maximum Gasteiger partial charge on any atom is 0.413 e. The zero-order valence-corrected chi connectivity index (χ0v) is 18.4. The minimum absolute atomic E-state index is 0.251. The number of hydrogen-bond acceptors (Lipinski definition) is 7. The molecule has 1 saturated heterocycles. The first-order valence-corrected chi connectivity index (χ1v) is 11.2. The van der Waals surface area contributed by atoms with Crippen LogP contribution >= 0.6 is 11.8 Å². The summed E-state index contributed by atoms with van der Waals surface area (Å²) >= 11 is 1.22. The van der Waals surface area contributed by atoms with Gasteiger partial charge in [0.05, 0.1) is 19.8 Å². The van der Waals surface area contributed by atoms with E-state index < -0.39 is 35.9 Å². The molecular formula is C23H26N2O6S. The van der Waals surface area contributed by atoms with Gasteiger partial charge in [0.15, 0.2) is 5.17 Å². The molecule has 1 amide bonds. The third-order valence-corrected chi connectivity index (χ3v) is 6.63. The van der Waals surface area contributed by atoms with E-state index in [0.717, 1.165) is 16.0 Å². The Morgan fingerprint density at radius 2 is 1.59 bits per heavy atom. The number of aliphatic hydroxyl groups is 1. The van der Waals surface area contributed by atoms with Crippen molar-refractivity contribution in [2.45, 2.75) is 43.0 Å². The molecule has 9 heteroatoms. The summed E-state index contributed by atoms with van der Waals surface area (Å²) in [5.41, 5.74) is 1.51. The van der Waals surface area contributed by atoms with Gasteiger partial charge in [-0.25, -0.2) is 4.79 Å². The van der Waals surface area contributed by atoms with Gasteiger partial charge in [-0.15, -0.1) is 0 Å². The van der Waals surface area contributed by atoms with Crippen molar-refractivity contribution in [3.05, 3.63) is 71.8 Å². The molecule has 0 bridgehead atoms. The van der Waals surface area contributed by atoms with E-state index in [4.69, 9.17) is 14.2 Å². The topological polar surface area (TPSA) is 101 Å². The molecule has 2 aromatic rings. The number of carboxylic acid groups (broad SMARTS) is 1. The number of thioether (sulfide) groups is 1. The van der Waals surface area contributed by atoms with Gasteiger partial charge in [-0.05, 0) is 11.1 Å². The van der Waals surface area contributed by atoms with Crippen molar-refractivity contribution in [1.29, 1.82) is 0 Å². The highest BCUT2D eigenvalue weighted by molar-refractivity contribution is 8.14. The number of fused-ring (bicyclic) bond motifs is 1. The van der Waals surface area contributed by atoms with E-state index in [9.17, 15) is 15.0 Å². The fourth-order valence-electron chi connectivity index (χ4n) is 3.71. The molecule has 8 nitrogen and oxygen atoms in total. The predicted molar refractivity (Wildman–Crippen MR) is 120 cm³/mol. The lowest BCUT2D eigenvalue weighted by Crippen LogP contribution is -2.57. The van der Waals surface area contributed by atoms with Gasteiger partial charge in [0.2, 0.25) is 0 Å². The Morgan fingerprint density at radius 1 is 1.03 bits per heavy atom. The number of ether oxygens (including phenoxy) is 3. The zero-order chi connectivity index (χ0) is 22.5. The van der Waals surface area contributed by atoms with Crippen LogP contribution < -0.4 is 0 Å². The van der Waals surface area contributed by atoms with E-state index >= 15 is 0 Å². The second kappa shape index (κ2) is 10.5. The molecule has 2 aliphatic rings. The Kier molecular flexibility index (Phi) is 7.44. The van der Waals surface area contributed by atoms with Crippen molar-refractivity contribution in [3.63, 3.8) is 0 Å². The van der Waals surface area contributed by atoms with Crippen LogP contribution in [0.15, 0.2) is 65.7 Å². The Bertz CT molecular complexity index is 929. The summed E-state index contributed by atoms with van der Waals surface area (Å²) in [7, 11) is 1.44. The summed E-state index contributed by atoms with van der Waals surface area (Å²) in [5.74, 6) is 0. The van der Waals surface area contributed by atoms with Crippen LogP contribution in [0.5, 0.6) is 0 Å². The van der Waals surface area contributed by atoms with Gasteiger partial charge in [-0.1, -0.05) is 72.4 Å². The van der Waals surface area contributed by atoms with Crippen LogP contribution in [0.2, 0.25) is 0 Å². The Morgan fingerprint density at radius 3 is 2.12 bits per heavy atom. The molecule has 32 heavy (non-hydrogen) atoms. The Labute approximate surface area is 190 Å². The Hall–Kier alpha value is -2.43. The van der Waals surface area contributed by atoms with E-state index in [1.165, 1.54) is 18.8 Å². The van der Waals surface area contributed by atoms with Gasteiger partial charge in [0.25, 0.3) is 0 Å². The molecule has 1 fully saturated rings. The molecule has 4 rings (SSSR count). The van der Waals surface area contributed by atoms with Gasteiger partial charge in [0, 0.05) is 7.05 Å². The highest BCUT2D eigenvalue weighted by Crippen LogP contribution is 2.39. The van der Waals surface area contributed by atoms with Crippen LogP contribution in [-0.2, 0) is 27.4 Å². The third-order valence-electron chi connectivity index (χ3n) is 5.42. The normalized spacial score (nSPS) is 26.9. The van der Waals surface area contributed by atoms with Crippen LogP contribution in [0.4, 0.5) is 4.79 Å². The van der Waals surface area contributed by atoms with Crippen LogP contribution in [-0.4, -0.2) is 69.8 Å². The minimum atomic E-state index is -1.10. The molecule has 0 aliphatic carbocycles. The quantitative estimate of drug-likeness (QED) is 0.658. The number of amidine groups is 1. The van der Waals surface area contributed by atoms with Crippen molar-refractivity contribution in [3.8, 4) is 0 Å². The molecule has 2 heterocycles. The number of nitrogens with zero attached hydrogens (tertiary/aromatic N) is 2. The second-order valence-corrected chi connectivity index (χ2v) is 8.68. The highest BCUT2D eigenvalue weighted by Gasteiger charge is 2.51. The van der Waals surface area contributed by atoms with Gasteiger partial charge in [-0.3, -0.25) is 9.89 Å². The smallest absolute Gasteiger partial charge is 0.413 e. The molecule has 0 unspecified atom stereocenters. The molecule has 0 radical (unpaired) electrons. The monoisotopic (exact) mass is 458 g/mol. The number of rotatable bonds is 7. The van der Waals surface area contributed by atoms with Crippen LogP contribution in [0.25, 0.3) is 0 Å². The van der Waals surface area contributed by atoms with Crippen molar-refractivity contribution in [2.24, 2.45) is 4.99 Å². The molecule has 0 saturated carbocycles. The average Bonchev–Trinajstić information content (AvgIpc) is 3.25. The number of benzene rings is 2. The molecule has 2 N–H and O–H groups in total. The lowest BCUT2D eigenvalue weighted by atomic mass is 9.97. The SMILES string of the molecule is CN(C(=O)O)C1=N[C@@H]2[C@@H](OCc3ccccc3)[C@H](OCc3ccccc3)[C@@H](CO)O[C@@H]2S1. The fraction of sp³-hybridized carbons (Fsp3) is 0.391. The zero-order valence-electron chi connectivity index (χ0n) is 17.6. The predicted octanol–water partition coefficient (Wildman–Crippen LogP) is 2.96. The first-order chi connectivity index (χ1) is 15.6. The van der Waals surface area contributed by atoms with E-state index in [1.807, 2.05) is 60.7 Å². The van der Waals surface area contributed by atoms with E-state index in [0.29, 0.717) is 18.4 Å². The molecular weight excluding hydrogens is 432 g/mol. The summed E-state index contributed by atoms with van der Waals surface area (Å²) < 4.78 is 18.6. The molecule has 0 aromatic heterocycles. The van der Waals surface area contributed by atoms with Gasteiger partial charge in [0.1, 0.15) is 29.8 Å². The van der Waals surface area contributed by atoms with Crippen LogP contribution in [0, 0.1) is 0 Å². The van der Waals surface area contributed by atoms with E-state index in [1.54, 1.807) is 0 Å². The summed E-state index contributed by atoms with van der Waals surface area (Å²) in [6.07, 6.45) is -2.84. The summed E-state index contributed by atoms with van der Waals surface area (Å²) in [6.45, 7) is 0.410. The number of hydrogen-bond donors (Lipinski definition) is 2. The van der Waals surface area contributed by atoms with Crippen LogP contribution in [0.3, 0.4) is 0 Å². The maximum atomic E-state index is 11.4. The summed E-state index contributed by atoms with van der Waals surface area (Å²) in [5, 5.41) is 19.7. The Balaban J connectivity index is 1.58. The van der Waals surface area contributed by atoms with E-state index in [-0.39, 0.29) is 6.61 Å². The van der Waals surface area contributed by atoms with Crippen molar-refractivity contribution >= 4 is 23.0 Å². The lowest BCUT2D eigenvalue weighted by Gasteiger charge is -2.42. The molecule has 0 spiro atoms. The number of aliphatic hydroxyl groups excluding tert-OH is 1. The van der Waals surface area contributed by atoms with Gasteiger partial charge < -0.3 is 24.4 Å². The maximum absolute atomic E-state index is 11.4. The van der Waals surface area contributed by atoms with Crippen molar-refractivity contribution in [2.75, 3.05) is 13.7 Å². The highest BCUT2D eigenvalue weighted by atomic mass is 32.2. The standard InChI is InChI=1S/C23H26N2O6S/c1-25(23(27)28)22-24-18-20(30-14-16-10-6-3-7-11-16)19(17(12-26)31-21(18)32-22)29-13-15-8-4-2-5-9-15/h2-11,17-21,26H,12-14H2,1H3,(H,27,28)/t17-,18-,19-,20-,21-/m1/s1. The first-order valence-electron chi connectivity index (χ1n) is 10.4. The molecule has 5 atom stereocenters. The average molecular weight is 459 g/mol. The number of amides is 1. The molecule has 2 aliphatic heterocycles. The van der Waals surface area contributed by atoms with Crippen molar-refractivity contribution < 1.29 is 29.2 Å². The largest absolute Gasteiger partial charge is 0.465 e. The van der Waals surface area contributed by atoms with Gasteiger partial charge in [-0.2, -0.15) is 0 Å². The lowest BCUT2D eigenvalue weighted by molar-refractivity contribution is -0.205. The van der Waals surface area contributed by atoms with Crippen molar-refractivity contribution in [1.82, 2.24) is 4.90 Å². The number of carbonyl (C=O) groups is 1.